The van der Waals surface area contributed by atoms with Gasteiger partial charge in [0.1, 0.15) is 6.61 Å². The number of hydrogen-bond acceptors (Lipinski definition) is 2. The molecule has 0 fully saturated rings. The molecule has 2 nitrogen and oxygen atoms in total. The van der Waals surface area contributed by atoms with Crippen LogP contribution in [0.3, 0.4) is 0 Å². The van der Waals surface area contributed by atoms with Crippen LogP contribution in [-0.2, 0) is 11.4 Å². The number of halogens is 1. The van der Waals surface area contributed by atoms with E-state index in [2.05, 4.69) is 5.16 Å². The number of alkyl halides is 1. The Labute approximate surface area is 83.2 Å². The number of rotatable bonds is 4. The van der Waals surface area contributed by atoms with Crippen LogP contribution in [0.15, 0.2) is 35.5 Å². The van der Waals surface area contributed by atoms with Crippen LogP contribution in [-0.4, -0.2) is 11.6 Å². The number of nitrogens with zero attached hydrogens (tertiary/aromatic N) is 1. The SMILES string of the molecule is CC(CCl)=NOCc1ccccc1. The van der Waals surface area contributed by atoms with Gasteiger partial charge >= 0.3 is 0 Å². The molecule has 0 aliphatic carbocycles. The fourth-order valence-corrected chi connectivity index (χ4v) is 0.864. The third-order valence-corrected chi connectivity index (χ3v) is 1.87. The summed E-state index contributed by atoms with van der Waals surface area (Å²) in [4.78, 5) is 5.08. The average molecular weight is 198 g/mol. The summed E-state index contributed by atoms with van der Waals surface area (Å²) >= 11 is 5.52. The highest BCUT2D eigenvalue weighted by molar-refractivity contribution is 6.28. The van der Waals surface area contributed by atoms with Crippen molar-refractivity contribution in [3.05, 3.63) is 35.9 Å². The standard InChI is InChI=1S/C10H12ClNO/c1-9(7-11)12-13-8-10-5-3-2-4-6-10/h2-6H,7-8H2,1H3. The Bertz CT molecular complexity index is 272. The molecule has 0 aromatic heterocycles. The van der Waals surface area contributed by atoms with Crippen LogP contribution in [0.1, 0.15) is 12.5 Å². The summed E-state index contributed by atoms with van der Waals surface area (Å²) < 4.78 is 0. The predicted octanol–water partition coefficient (Wildman–Crippen LogP) is 2.82. The van der Waals surface area contributed by atoms with E-state index in [-0.39, 0.29) is 0 Å². The molecular weight excluding hydrogens is 186 g/mol. The zero-order valence-corrected chi connectivity index (χ0v) is 8.29. The van der Waals surface area contributed by atoms with Crippen molar-refractivity contribution < 1.29 is 4.84 Å². The summed E-state index contributed by atoms with van der Waals surface area (Å²) in [6.45, 7) is 2.33. The van der Waals surface area contributed by atoms with Crippen LogP contribution in [0, 0.1) is 0 Å². The highest BCUT2D eigenvalue weighted by Gasteiger charge is 1.90. The zero-order valence-electron chi connectivity index (χ0n) is 7.53. The first-order valence-electron chi connectivity index (χ1n) is 4.08. The van der Waals surface area contributed by atoms with E-state index >= 15 is 0 Å². The molecule has 0 unspecified atom stereocenters. The predicted molar refractivity (Wildman–Crippen MR) is 55.1 cm³/mol. The second-order valence-corrected chi connectivity index (χ2v) is 2.99. The molecule has 0 aliphatic heterocycles. The van der Waals surface area contributed by atoms with Crippen molar-refractivity contribution in [1.82, 2.24) is 0 Å². The Morgan fingerprint density at radius 3 is 2.69 bits per heavy atom. The first kappa shape index (κ1) is 10.1. The summed E-state index contributed by atoms with van der Waals surface area (Å²) in [7, 11) is 0. The van der Waals surface area contributed by atoms with Gasteiger partial charge in [-0.25, -0.2) is 0 Å². The minimum absolute atomic E-state index is 0.411. The Morgan fingerprint density at radius 2 is 2.08 bits per heavy atom. The molecule has 0 amide bonds. The van der Waals surface area contributed by atoms with Gasteiger partial charge in [-0.1, -0.05) is 35.5 Å². The molecule has 1 rings (SSSR count). The molecule has 0 N–H and O–H groups in total. The lowest BCUT2D eigenvalue weighted by molar-refractivity contribution is 0.130. The van der Waals surface area contributed by atoms with Crippen molar-refractivity contribution in [2.75, 3.05) is 5.88 Å². The van der Waals surface area contributed by atoms with Crippen LogP contribution < -0.4 is 0 Å². The van der Waals surface area contributed by atoms with E-state index in [1.807, 2.05) is 37.3 Å². The highest BCUT2D eigenvalue weighted by Crippen LogP contribution is 2.00. The van der Waals surface area contributed by atoms with E-state index in [9.17, 15) is 0 Å². The minimum Gasteiger partial charge on any atom is -0.391 e. The Morgan fingerprint density at radius 1 is 1.38 bits per heavy atom. The van der Waals surface area contributed by atoms with Crippen molar-refractivity contribution >= 4 is 17.3 Å². The lowest BCUT2D eigenvalue weighted by Crippen LogP contribution is -1.94. The minimum atomic E-state index is 0.411. The van der Waals surface area contributed by atoms with Crippen molar-refractivity contribution in [3.8, 4) is 0 Å². The topological polar surface area (TPSA) is 21.6 Å². The molecule has 0 saturated heterocycles. The fraction of sp³-hybridized carbons (Fsp3) is 0.300. The van der Waals surface area contributed by atoms with E-state index in [1.165, 1.54) is 0 Å². The largest absolute Gasteiger partial charge is 0.391 e. The quantitative estimate of drug-likeness (QED) is 0.413. The van der Waals surface area contributed by atoms with Crippen molar-refractivity contribution in [2.24, 2.45) is 5.16 Å². The summed E-state index contributed by atoms with van der Waals surface area (Å²) in [6.07, 6.45) is 0. The second kappa shape index (κ2) is 5.60. The summed E-state index contributed by atoms with van der Waals surface area (Å²) in [5.74, 6) is 0.411. The van der Waals surface area contributed by atoms with Gasteiger partial charge in [-0.3, -0.25) is 0 Å². The molecule has 0 saturated carbocycles. The van der Waals surface area contributed by atoms with Gasteiger partial charge in [-0.05, 0) is 12.5 Å². The fourth-order valence-electron chi connectivity index (χ4n) is 0.816. The maximum absolute atomic E-state index is 5.52. The van der Waals surface area contributed by atoms with E-state index < -0.39 is 0 Å². The van der Waals surface area contributed by atoms with Crippen LogP contribution in [0.5, 0.6) is 0 Å². The molecular formula is C10H12ClNO. The first-order chi connectivity index (χ1) is 6.33. The molecule has 3 heteroatoms. The Hall–Kier alpha value is -1.02. The molecule has 0 aliphatic rings. The Kier molecular flexibility index (Phi) is 4.33. The molecule has 0 radical (unpaired) electrons. The first-order valence-corrected chi connectivity index (χ1v) is 4.61. The molecule has 70 valence electrons. The van der Waals surface area contributed by atoms with Crippen LogP contribution >= 0.6 is 11.6 Å². The monoisotopic (exact) mass is 197 g/mol. The average Bonchev–Trinajstić information content (AvgIpc) is 2.19. The van der Waals surface area contributed by atoms with E-state index in [0.29, 0.717) is 12.5 Å². The van der Waals surface area contributed by atoms with Gasteiger partial charge in [-0.15, -0.1) is 11.6 Å². The van der Waals surface area contributed by atoms with Crippen molar-refractivity contribution in [3.63, 3.8) is 0 Å². The van der Waals surface area contributed by atoms with E-state index in [0.717, 1.165) is 11.3 Å². The molecule has 13 heavy (non-hydrogen) atoms. The molecule has 1 aromatic carbocycles. The van der Waals surface area contributed by atoms with Crippen molar-refractivity contribution in [1.29, 1.82) is 0 Å². The summed E-state index contributed by atoms with van der Waals surface area (Å²) in [5, 5.41) is 3.82. The molecule has 0 bridgehead atoms. The van der Waals surface area contributed by atoms with Gasteiger partial charge in [0.25, 0.3) is 0 Å². The summed E-state index contributed by atoms with van der Waals surface area (Å²) in [5.41, 5.74) is 1.89. The lowest BCUT2D eigenvalue weighted by atomic mass is 10.2. The van der Waals surface area contributed by atoms with E-state index in [4.69, 9.17) is 16.4 Å². The highest BCUT2D eigenvalue weighted by atomic mass is 35.5. The van der Waals surface area contributed by atoms with Gasteiger partial charge in [0, 0.05) is 0 Å². The van der Waals surface area contributed by atoms with Gasteiger partial charge < -0.3 is 4.84 Å². The van der Waals surface area contributed by atoms with Gasteiger partial charge in [0.2, 0.25) is 0 Å². The third-order valence-electron chi connectivity index (χ3n) is 1.49. The number of benzene rings is 1. The number of hydrogen-bond donors (Lipinski definition) is 0. The van der Waals surface area contributed by atoms with E-state index in [1.54, 1.807) is 0 Å². The third kappa shape index (κ3) is 3.95. The van der Waals surface area contributed by atoms with Gasteiger partial charge in [-0.2, -0.15) is 0 Å². The smallest absolute Gasteiger partial charge is 0.142 e. The number of oxime groups is 1. The van der Waals surface area contributed by atoms with Gasteiger partial charge in [0.05, 0.1) is 11.6 Å². The lowest BCUT2D eigenvalue weighted by Gasteiger charge is -1.99. The normalized spacial score (nSPS) is 11.4. The second-order valence-electron chi connectivity index (χ2n) is 2.72. The van der Waals surface area contributed by atoms with Crippen LogP contribution in [0.25, 0.3) is 0 Å². The molecule has 0 heterocycles. The summed E-state index contributed by atoms with van der Waals surface area (Å²) in [6, 6.07) is 9.89. The maximum atomic E-state index is 5.52. The Balaban J connectivity index is 2.36. The van der Waals surface area contributed by atoms with Crippen LogP contribution in [0.2, 0.25) is 0 Å². The van der Waals surface area contributed by atoms with Crippen LogP contribution in [0.4, 0.5) is 0 Å². The molecule has 0 spiro atoms. The molecule has 0 atom stereocenters. The maximum Gasteiger partial charge on any atom is 0.142 e. The van der Waals surface area contributed by atoms with Crippen molar-refractivity contribution in [2.45, 2.75) is 13.5 Å². The molecule has 1 aromatic rings. The zero-order chi connectivity index (χ0) is 9.52. The van der Waals surface area contributed by atoms with Gasteiger partial charge in [0.15, 0.2) is 0 Å².